The number of hydrogen-bond donors (Lipinski definition) is 4. The van der Waals surface area contributed by atoms with E-state index < -0.39 is 45.7 Å². The van der Waals surface area contributed by atoms with Crippen molar-refractivity contribution < 1.29 is 32.6 Å². The van der Waals surface area contributed by atoms with Crippen molar-refractivity contribution in [2.45, 2.75) is 77.6 Å². The van der Waals surface area contributed by atoms with Crippen molar-refractivity contribution in [2.24, 2.45) is 17.8 Å². The molecule has 14 heteroatoms. The highest BCUT2D eigenvalue weighted by Gasteiger charge is 2.43. The lowest BCUT2D eigenvalue weighted by molar-refractivity contribution is -0.129. The molecular weight excluding hydrogens is 658 g/mol. The average molecular weight is 704 g/mol. The monoisotopic (exact) mass is 703 g/mol. The van der Waals surface area contributed by atoms with Crippen molar-refractivity contribution in [2.75, 3.05) is 19.6 Å². The van der Waals surface area contributed by atoms with E-state index in [0.717, 1.165) is 32.7 Å². The first-order valence-corrected chi connectivity index (χ1v) is 18.4. The number of aromatic nitrogens is 1. The Labute approximate surface area is 286 Å². The number of phenols is 1. The third kappa shape index (κ3) is 8.90. The number of aromatic hydroxyl groups is 1. The van der Waals surface area contributed by atoms with Crippen LogP contribution in [-0.2, 0) is 27.8 Å². The van der Waals surface area contributed by atoms with Gasteiger partial charge in [0.2, 0.25) is 15.9 Å². The van der Waals surface area contributed by atoms with E-state index in [0.29, 0.717) is 0 Å². The van der Waals surface area contributed by atoms with Gasteiger partial charge in [0.15, 0.2) is 11.6 Å². The molecule has 1 saturated heterocycles. The first-order chi connectivity index (χ1) is 22.6. The van der Waals surface area contributed by atoms with Crippen LogP contribution in [0.1, 0.15) is 49.5 Å². The molecule has 4 atom stereocenters. The van der Waals surface area contributed by atoms with Crippen LogP contribution >= 0.6 is 11.3 Å². The molecule has 0 spiro atoms. The van der Waals surface area contributed by atoms with E-state index in [1.165, 1.54) is 18.3 Å². The van der Waals surface area contributed by atoms with Gasteiger partial charge in [0, 0.05) is 25.0 Å². The quantitative estimate of drug-likeness (QED) is 0.185. The number of aliphatic hydroxyl groups is 1. The van der Waals surface area contributed by atoms with Gasteiger partial charge in [0.25, 0.3) is 0 Å². The van der Waals surface area contributed by atoms with Crippen LogP contribution in [-0.4, -0.2) is 82.6 Å². The maximum atomic E-state index is 14.4. The molecule has 48 heavy (non-hydrogen) atoms. The van der Waals surface area contributed by atoms with Gasteiger partial charge in [0.1, 0.15) is 0 Å². The van der Waals surface area contributed by atoms with E-state index in [1.54, 1.807) is 4.90 Å². The summed E-state index contributed by atoms with van der Waals surface area (Å²) in [5.41, 5.74) is 1.70. The van der Waals surface area contributed by atoms with E-state index in [1.807, 2.05) is 70.3 Å². The fraction of sp³-hybridized carbons (Fsp3) is 0.500. The van der Waals surface area contributed by atoms with Crippen molar-refractivity contribution in [3.8, 4) is 5.75 Å². The fourth-order valence-corrected chi connectivity index (χ4v) is 8.59. The summed E-state index contributed by atoms with van der Waals surface area (Å²) in [6.45, 7) is 10.9. The maximum Gasteiger partial charge on any atom is 0.318 e. The fourth-order valence-electron chi connectivity index (χ4n) is 6.15. The number of benzene rings is 2. The molecule has 0 saturated carbocycles. The lowest BCUT2D eigenvalue weighted by Gasteiger charge is -2.35. The summed E-state index contributed by atoms with van der Waals surface area (Å²) in [5, 5.41) is 30.2. The van der Waals surface area contributed by atoms with Gasteiger partial charge < -0.3 is 25.7 Å². The van der Waals surface area contributed by atoms with Gasteiger partial charge in [-0.2, -0.15) is 4.31 Å². The summed E-state index contributed by atoms with van der Waals surface area (Å²) < 4.78 is 43.3. The molecule has 1 aliphatic rings. The van der Waals surface area contributed by atoms with Crippen LogP contribution in [0.15, 0.2) is 52.7 Å². The van der Waals surface area contributed by atoms with Crippen LogP contribution in [0, 0.1) is 37.4 Å². The normalized spacial score (nSPS) is 17.2. The second-order valence-corrected chi connectivity index (χ2v) is 16.1. The average Bonchev–Trinajstić information content (AvgIpc) is 3.58. The largest absolute Gasteiger partial charge is 0.505 e. The first-order valence-electron chi connectivity index (χ1n) is 16.1. The molecule has 1 fully saturated rings. The minimum absolute atomic E-state index is 0.0167. The molecule has 2 heterocycles. The molecule has 2 aromatic carbocycles. The summed E-state index contributed by atoms with van der Waals surface area (Å²) in [5.74, 6) is -3.11. The number of aryl methyl sites for hydroxylation is 2. The molecule has 4 rings (SSSR count). The van der Waals surface area contributed by atoms with E-state index in [2.05, 4.69) is 15.6 Å². The number of carbonyl (C=O) groups is 2. The number of sulfonamides is 1. The second-order valence-electron chi connectivity index (χ2n) is 13.2. The number of aliphatic hydroxyl groups excluding tert-OH is 1. The van der Waals surface area contributed by atoms with Gasteiger partial charge >= 0.3 is 6.03 Å². The van der Waals surface area contributed by atoms with Gasteiger partial charge in [-0.15, -0.1) is 11.3 Å². The predicted octanol–water partition coefficient (Wildman–Crippen LogP) is 4.21. The number of thiazole rings is 1. The Morgan fingerprint density at radius 2 is 1.85 bits per heavy atom. The molecule has 4 N–H and O–H groups in total. The zero-order valence-electron chi connectivity index (χ0n) is 28.2. The standard InChI is InChI=1S/C34H46FN5O6S2/c1-20(2)16-39(48(45,46)31-14-26(35)29(41)12-22(31)5)18-30(42)27(13-24-10-8-7-9-11-24)38-33(43)32(21(3)4)28-15-36-34(44)40(28)17-25-19-47-23(6)37-25/h7-12,14,19-21,27-28,30,32,41-42H,13,15-18H2,1-6H3,(H,36,44)(H,38,43)/t27-,28?,30+,32-/m0/s1. The minimum atomic E-state index is -4.33. The van der Waals surface area contributed by atoms with E-state index in [-0.39, 0.29) is 66.8 Å². The number of hydrogen-bond acceptors (Lipinski definition) is 8. The van der Waals surface area contributed by atoms with Gasteiger partial charge in [-0.05, 0) is 55.4 Å². The predicted molar refractivity (Wildman–Crippen MR) is 182 cm³/mol. The van der Waals surface area contributed by atoms with Crippen molar-refractivity contribution in [3.05, 3.63) is 75.5 Å². The highest BCUT2D eigenvalue weighted by atomic mass is 32.2. The molecule has 0 aliphatic carbocycles. The Morgan fingerprint density at radius 1 is 1.17 bits per heavy atom. The van der Waals surface area contributed by atoms with Gasteiger partial charge in [0.05, 0.1) is 46.2 Å². The van der Waals surface area contributed by atoms with E-state index >= 15 is 0 Å². The van der Waals surface area contributed by atoms with E-state index in [4.69, 9.17) is 0 Å². The third-order valence-electron chi connectivity index (χ3n) is 8.47. The number of urea groups is 1. The number of carbonyl (C=O) groups excluding carboxylic acids is 2. The summed E-state index contributed by atoms with van der Waals surface area (Å²) in [7, 11) is -4.33. The van der Waals surface area contributed by atoms with Crippen LogP contribution in [0.3, 0.4) is 0 Å². The van der Waals surface area contributed by atoms with Crippen molar-refractivity contribution in [3.63, 3.8) is 0 Å². The smallest absolute Gasteiger partial charge is 0.318 e. The Morgan fingerprint density at radius 3 is 2.46 bits per heavy atom. The minimum Gasteiger partial charge on any atom is -0.505 e. The van der Waals surface area contributed by atoms with Gasteiger partial charge in [-0.1, -0.05) is 58.0 Å². The van der Waals surface area contributed by atoms with Crippen molar-refractivity contribution in [1.29, 1.82) is 0 Å². The lowest BCUT2D eigenvalue weighted by atomic mass is 9.86. The number of rotatable bonds is 15. The Balaban J connectivity index is 1.63. The van der Waals surface area contributed by atoms with Gasteiger partial charge in [-0.25, -0.2) is 22.6 Å². The molecule has 0 radical (unpaired) electrons. The molecule has 1 aromatic heterocycles. The van der Waals surface area contributed by atoms with Crippen LogP contribution in [0.2, 0.25) is 0 Å². The highest BCUT2D eigenvalue weighted by molar-refractivity contribution is 7.89. The molecule has 3 aromatic rings. The number of nitrogens with zero attached hydrogens (tertiary/aromatic N) is 3. The number of halogens is 1. The Bertz CT molecular complexity index is 1680. The summed E-state index contributed by atoms with van der Waals surface area (Å²) in [6, 6.07) is 9.38. The molecule has 1 unspecified atom stereocenters. The molecule has 11 nitrogen and oxygen atoms in total. The highest BCUT2D eigenvalue weighted by Crippen LogP contribution is 2.29. The summed E-state index contributed by atoms with van der Waals surface area (Å²) in [6.07, 6.45) is -1.17. The first kappa shape index (κ1) is 37.2. The lowest BCUT2D eigenvalue weighted by Crippen LogP contribution is -2.55. The SMILES string of the molecule is Cc1nc(CN2C(=O)NCC2[C@@H](C(=O)N[C@@H](Cc2ccccc2)[C@H](O)CN(CC(C)C)S(=O)(=O)c2cc(F)c(O)cc2C)C(C)C)cs1. The second kappa shape index (κ2) is 15.7. The number of phenolic OH excluding ortho intramolecular Hbond substituents is 1. The Kier molecular flexibility index (Phi) is 12.2. The Hall–Kier alpha value is -3.59. The maximum absolute atomic E-state index is 14.4. The molecule has 0 bridgehead atoms. The molecular formula is C34H46FN5O6S2. The van der Waals surface area contributed by atoms with Gasteiger partial charge in [-0.3, -0.25) is 4.79 Å². The van der Waals surface area contributed by atoms with E-state index in [9.17, 15) is 32.6 Å². The van der Waals surface area contributed by atoms with Crippen molar-refractivity contribution in [1.82, 2.24) is 24.8 Å². The number of amides is 3. The van der Waals surface area contributed by atoms with Crippen LogP contribution in [0.4, 0.5) is 9.18 Å². The van der Waals surface area contributed by atoms with Crippen molar-refractivity contribution >= 4 is 33.3 Å². The topological polar surface area (TPSA) is 152 Å². The molecule has 1 aliphatic heterocycles. The summed E-state index contributed by atoms with van der Waals surface area (Å²) in [4.78, 5) is 32.9. The zero-order chi connectivity index (χ0) is 35.3. The number of nitrogens with one attached hydrogen (secondary N) is 2. The third-order valence-corrected chi connectivity index (χ3v) is 11.3. The zero-order valence-corrected chi connectivity index (χ0v) is 29.8. The molecule has 262 valence electrons. The van der Waals surface area contributed by atoms with Crippen LogP contribution in [0.5, 0.6) is 5.75 Å². The summed E-state index contributed by atoms with van der Waals surface area (Å²) >= 11 is 1.48. The van der Waals surface area contributed by atoms with Crippen LogP contribution in [0.25, 0.3) is 0 Å². The molecule has 3 amide bonds. The van der Waals surface area contributed by atoms with Crippen LogP contribution < -0.4 is 10.6 Å².